The minimum Gasteiger partial charge on any atom is -0.455 e. The molecule has 0 bridgehead atoms. The molecule has 0 saturated carbocycles. The van der Waals surface area contributed by atoms with Crippen LogP contribution in [-0.4, -0.2) is 50.6 Å². The van der Waals surface area contributed by atoms with Gasteiger partial charge in [-0.25, -0.2) is 8.78 Å². The van der Waals surface area contributed by atoms with Crippen molar-refractivity contribution < 1.29 is 32.5 Å². The first-order chi connectivity index (χ1) is 15.5. The summed E-state index contributed by atoms with van der Waals surface area (Å²) in [4.78, 5) is 11.9. The first-order valence-corrected chi connectivity index (χ1v) is 11.3. The maximum absolute atomic E-state index is 13.9. The van der Waals surface area contributed by atoms with Gasteiger partial charge in [0.15, 0.2) is 6.10 Å². The van der Waals surface area contributed by atoms with Crippen molar-refractivity contribution in [2.45, 2.75) is 76.5 Å². The Kier molecular flexibility index (Phi) is 11.8. The third-order valence-electron chi connectivity index (χ3n) is 5.44. The molecule has 1 heterocycles. The summed E-state index contributed by atoms with van der Waals surface area (Å²) >= 11 is 0. The predicted octanol–water partition coefficient (Wildman–Crippen LogP) is 4.05. The number of benzene rings is 1. The average molecular weight is 456 g/mol. The minimum atomic E-state index is -0.760. The standard InChI is InChI=1S/C24H35F2NO5/c1-3-4-5-6-7-8-9-10-20-24(32-22(28)14-27)23(29-2)21(16-31-20)30-15-17-11-12-18(25)13-19(17)26/h9-13,20-21,23-24H,3-8,14-16,27H2,1-2H3/b10-9+/t20-,21+,23-,24+/m0/s1. The van der Waals surface area contributed by atoms with Crippen LogP contribution >= 0.6 is 0 Å². The quantitative estimate of drug-likeness (QED) is 0.275. The number of methoxy groups -OCH3 is 1. The van der Waals surface area contributed by atoms with Crippen molar-refractivity contribution in [3.63, 3.8) is 0 Å². The fraction of sp³-hybridized carbons (Fsp3) is 0.625. The van der Waals surface area contributed by atoms with Gasteiger partial charge in [0.1, 0.15) is 29.9 Å². The van der Waals surface area contributed by atoms with E-state index in [1.807, 2.05) is 12.2 Å². The molecule has 180 valence electrons. The number of nitrogens with two attached hydrogens (primary N) is 1. The maximum Gasteiger partial charge on any atom is 0.320 e. The van der Waals surface area contributed by atoms with Crippen LogP contribution in [-0.2, 0) is 30.3 Å². The number of halogens is 2. The Balaban J connectivity index is 2.00. The summed E-state index contributed by atoms with van der Waals surface area (Å²) in [5.74, 6) is -1.93. The lowest BCUT2D eigenvalue weighted by molar-refractivity contribution is -0.216. The second-order valence-electron chi connectivity index (χ2n) is 7.87. The Hall–Kier alpha value is -1.87. The van der Waals surface area contributed by atoms with E-state index in [1.165, 1.54) is 44.9 Å². The number of allylic oxidation sites excluding steroid dienone is 1. The van der Waals surface area contributed by atoms with Gasteiger partial charge in [0.2, 0.25) is 0 Å². The summed E-state index contributed by atoms with van der Waals surface area (Å²) in [5, 5.41) is 0. The van der Waals surface area contributed by atoms with E-state index in [9.17, 15) is 13.6 Å². The zero-order valence-corrected chi connectivity index (χ0v) is 18.9. The van der Waals surface area contributed by atoms with Crippen LogP contribution in [0.5, 0.6) is 0 Å². The van der Waals surface area contributed by atoms with Gasteiger partial charge in [0, 0.05) is 18.7 Å². The van der Waals surface area contributed by atoms with Crippen LogP contribution in [0.4, 0.5) is 8.78 Å². The first-order valence-electron chi connectivity index (χ1n) is 11.3. The van der Waals surface area contributed by atoms with Crippen LogP contribution in [0.25, 0.3) is 0 Å². The van der Waals surface area contributed by atoms with Gasteiger partial charge in [-0.2, -0.15) is 0 Å². The molecule has 0 amide bonds. The van der Waals surface area contributed by atoms with Gasteiger partial charge in [0.05, 0.1) is 19.8 Å². The highest BCUT2D eigenvalue weighted by atomic mass is 19.1. The first kappa shape index (κ1) is 26.4. The average Bonchev–Trinajstić information content (AvgIpc) is 2.78. The van der Waals surface area contributed by atoms with Crippen molar-refractivity contribution in [3.8, 4) is 0 Å². The molecule has 1 aromatic carbocycles. The number of esters is 1. The van der Waals surface area contributed by atoms with Crippen molar-refractivity contribution in [2.24, 2.45) is 5.73 Å². The Morgan fingerprint density at radius 1 is 1.22 bits per heavy atom. The summed E-state index contributed by atoms with van der Waals surface area (Å²) in [6.45, 7) is 1.98. The maximum atomic E-state index is 13.9. The molecule has 0 unspecified atom stereocenters. The molecule has 1 aliphatic heterocycles. The third-order valence-corrected chi connectivity index (χ3v) is 5.44. The summed E-state index contributed by atoms with van der Waals surface area (Å²) in [6, 6.07) is 3.30. The lowest BCUT2D eigenvalue weighted by Gasteiger charge is -2.40. The number of carbonyl (C=O) groups is 1. The van der Waals surface area contributed by atoms with Crippen molar-refractivity contribution in [3.05, 3.63) is 47.5 Å². The van der Waals surface area contributed by atoms with Crippen LogP contribution in [0, 0.1) is 11.6 Å². The van der Waals surface area contributed by atoms with Gasteiger partial charge >= 0.3 is 5.97 Å². The van der Waals surface area contributed by atoms with E-state index < -0.39 is 42.0 Å². The zero-order valence-electron chi connectivity index (χ0n) is 18.9. The molecule has 2 N–H and O–H groups in total. The molecule has 6 nitrogen and oxygen atoms in total. The SMILES string of the molecule is CCCCCCC/C=C/[C@@H]1OC[C@@H](OCc2ccc(F)cc2F)[C@H](OC)[C@@H]1OC(=O)CN. The van der Waals surface area contributed by atoms with E-state index in [0.717, 1.165) is 18.9 Å². The molecule has 1 saturated heterocycles. The van der Waals surface area contributed by atoms with Crippen LogP contribution < -0.4 is 5.73 Å². The zero-order chi connectivity index (χ0) is 23.3. The highest BCUT2D eigenvalue weighted by Gasteiger charge is 2.43. The summed E-state index contributed by atoms with van der Waals surface area (Å²) in [5.41, 5.74) is 5.63. The molecular formula is C24H35F2NO5. The molecule has 1 aliphatic rings. The van der Waals surface area contributed by atoms with E-state index in [4.69, 9.17) is 24.7 Å². The number of ether oxygens (including phenoxy) is 4. The van der Waals surface area contributed by atoms with E-state index in [1.54, 1.807) is 0 Å². The fourth-order valence-corrected chi connectivity index (χ4v) is 3.65. The van der Waals surface area contributed by atoms with E-state index in [2.05, 4.69) is 6.92 Å². The van der Waals surface area contributed by atoms with Gasteiger partial charge in [-0.15, -0.1) is 0 Å². The van der Waals surface area contributed by atoms with Crippen molar-refractivity contribution in [2.75, 3.05) is 20.3 Å². The Morgan fingerprint density at radius 2 is 2.00 bits per heavy atom. The molecular weight excluding hydrogens is 420 g/mol. The van der Waals surface area contributed by atoms with Crippen molar-refractivity contribution in [1.29, 1.82) is 0 Å². The van der Waals surface area contributed by atoms with Gasteiger partial charge in [-0.05, 0) is 18.9 Å². The van der Waals surface area contributed by atoms with Crippen molar-refractivity contribution >= 4 is 5.97 Å². The highest BCUT2D eigenvalue weighted by molar-refractivity contribution is 5.71. The van der Waals surface area contributed by atoms with Gasteiger partial charge in [0.25, 0.3) is 0 Å². The predicted molar refractivity (Wildman–Crippen MR) is 117 cm³/mol. The molecule has 0 aromatic heterocycles. The normalized spacial score (nSPS) is 23.5. The van der Waals surface area contributed by atoms with E-state index in [-0.39, 0.29) is 25.3 Å². The van der Waals surface area contributed by atoms with Crippen LogP contribution in [0.15, 0.2) is 30.4 Å². The number of carbonyl (C=O) groups excluding carboxylic acids is 1. The molecule has 0 radical (unpaired) electrons. The lowest BCUT2D eigenvalue weighted by atomic mass is 9.98. The molecule has 1 fully saturated rings. The number of hydrogen-bond donors (Lipinski definition) is 1. The second kappa shape index (κ2) is 14.3. The smallest absolute Gasteiger partial charge is 0.320 e. The van der Waals surface area contributed by atoms with Crippen LogP contribution in [0.3, 0.4) is 0 Å². The Morgan fingerprint density at radius 3 is 2.69 bits per heavy atom. The number of unbranched alkanes of at least 4 members (excludes halogenated alkanes) is 5. The molecule has 4 atom stereocenters. The topological polar surface area (TPSA) is 80.0 Å². The number of hydrogen-bond acceptors (Lipinski definition) is 6. The highest BCUT2D eigenvalue weighted by Crippen LogP contribution is 2.26. The van der Waals surface area contributed by atoms with Gasteiger partial charge in [-0.1, -0.05) is 50.8 Å². The number of rotatable bonds is 13. The van der Waals surface area contributed by atoms with Crippen LogP contribution in [0.1, 0.15) is 51.0 Å². The minimum absolute atomic E-state index is 0.101. The fourth-order valence-electron chi connectivity index (χ4n) is 3.65. The van der Waals surface area contributed by atoms with Gasteiger partial charge < -0.3 is 24.7 Å². The summed E-state index contributed by atoms with van der Waals surface area (Å²) < 4.78 is 49.9. The monoisotopic (exact) mass is 455 g/mol. The molecule has 2 rings (SSSR count). The third kappa shape index (κ3) is 8.24. The van der Waals surface area contributed by atoms with E-state index >= 15 is 0 Å². The van der Waals surface area contributed by atoms with Gasteiger partial charge in [-0.3, -0.25) is 4.79 Å². The molecule has 8 heteroatoms. The molecule has 0 spiro atoms. The summed E-state index contributed by atoms with van der Waals surface area (Å²) in [7, 11) is 1.49. The van der Waals surface area contributed by atoms with Crippen molar-refractivity contribution in [1.82, 2.24) is 0 Å². The lowest BCUT2D eigenvalue weighted by Crippen LogP contribution is -2.56. The molecule has 1 aromatic rings. The molecule has 0 aliphatic carbocycles. The Labute approximate surface area is 189 Å². The second-order valence-corrected chi connectivity index (χ2v) is 7.87. The van der Waals surface area contributed by atoms with E-state index in [0.29, 0.717) is 0 Å². The summed E-state index contributed by atoms with van der Waals surface area (Å²) in [6.07, 6.45) is 8.23. The molecule has 32 heavy (non-hydrogen) atoms. The Bertz CT molecular complexity index is 730. The largest absolute Gasteiger partial charge is 0.455 e. The van der Waals surface area contributed by atoms with Crippen LogP contribution in [0.2, 0.25) is 0 Å².